The topological polar surface area (TPSA) is 27.1 Å². The molecule has 0 aliphatic rings. The van der Waals surface area contributed by atoms with Crippen LogP contribution in [0.1, 0.15) is 16.8 Å². The molecule has 1 aromatic heterocycles. The van der Waals surface area contributed by atoms with E-state index in [0.717, 1.165) is 11.3 Å². The maximum absolute atomic E-state index is 13.4. The lowest BCUT2D eigenvalue weighted by molar-refractivity contribution is 0.104. The van der Waals surface area contributed by atoms with Crippen LogP contribution in [0.3, 0.4) is 0 Å². The first-order chi connectivity index (χ1) is 8.59. The Labute approximate surface area is 110 Å². The molecule has 0 N–H and O–H groups in total. The Balaban J connectivity index is 1.99. The number of hydrogen-bond acceptors (Lipinski definition) is 2. The minimum Gasteiger partial charge on any atom is -0.372 e. The van der Waals surface area contributed by atoms with E-state index in [1.807, 2.05) is 6.92 Å². The summed E-state index contributed by atoms with van der Waals surface area (Å²) in [6.45, 7) is 2.41. The van der Waals surface area contributed by atoms with Crippen molar-refractivity contribution in [2.45, 2.75) is 20.1 Å². The highest BCUT2D eigenvalue weighted by Gasteiger charge is 2.11. The Morgan fingerprint density at radius 3 is 2.67 bits per heavy atom. The van der Waals surface area contributed by atoms with Crippen LogP contribution in [-0.2, 0) is 25.0 Å². The van der Waals surface area contributed by atoms with E-state index in [9.17, 15) is 4.39 Å². The number of nitrogens with zero attached hydrogens (tertiary/aromatic N) is 2. The van der Waals surface area contributed by atoms with Gasteiger partial charge in [0.25, 0.3) is 0 Å². The van der Waals surface area contributed by atoms with Crippen molar-refractivity contribution < 1.29 is 9.13 Å². The molecule has 0 saturated carbocycles. The zero-order chi connectivity index (χ0) is 13.1. The van der Waals surface area contributed by atoms with E-state index in [0.29, 0.717) is 17.3 Å². The Bertz CT molecular complexity index is 554. The fourth-order valence-electron chi connectivity index (χ4n) is 1.72. The van der Waals surface area contributed by atoms with Crippen LogP contribution in [0.25, 0.3) is 0 Å². The van der Waals surface area contributed by atoms with Gasteiger partial charge in [-0.05, 0) is 13.0 Å². The summed E-state index contributed by atoms with van der Waals surface area (Å²) in [6, 6.07) is 6.55. The summed E-state index contributed by atoms with van der Waals surface area (Å²) in [7, 11) is 1.77. The summed E-state index contributed by atoms with van der Waals surface area (Å²) in [5.74, 6) is -0.258. The predicted octanol–water partition coefficient (Wildman–Crippen LogP) is 3.24. The molecule has 0 unspecified atom stereocenters. The molecule has 0 radical (unpaired) electrons. The van der Waals surface area contributed by atoms with Crippen LogP contribution in [0.4, 0.5) is 4.39 Å². The van der Waals surface area contributed by atoms with E-state index in [2.05, 4.69) is 5.10 Å². The molecule has 0 bridgehead atoms. The molecule has 0 atom stereocenters. The van der Waals surface area contributed by atoms with Gasteiger partial charge in [0, 0.05) is 18.2 Å². The zero-order valence-corrected chi connectivity index (χ0v) is 11.0. The number of benzene rings is 1. The predicted molar refractivity (Wildman–Crippen MR) is 67.8 cm³/mol. The summed E-state index contributed by atoms with van der Waals surface area (Å²) in [6.07, 6.45) is 0. The lowest BCUT2D eigenvalue weighted by atomic mass is 10.2. The van der Waals surface area contributed by atoms with Gasteiger partial charge in [0.05, 0.1) is 18.9 Å². The largest absolute Gasteiger partial charge is 0.372 e. The second-order valence-corrected chi connectivity index (χ2v) is 4.42. The molecular formula is C13H14ClFN2O. The average Bonchev–Trinajstić information content (AvgIpc) is 2.58. The normalized spacial score (nSPS) is 10.9. The third-order valence-corrected chi connectivity index (χ3v) is 3.20. The first-order valence-corrected chi connectivity index (χ1v) is 5.96. The fourth-order valence-corrected chi connectivity index (χ4v) is 1.95. The summed E-state index contributed by atoms with van der Waals surface area (Å²) < 4.78 is 20.4. The second-order valence-electron chi connectivity index (χ2n) is 4.06. The number of aromatic nitrogens is 2. The molecule has 1 heterocycles. The number of rotatable bonds is 4. The molecule has 3 nitrogen and oxygen atoms in total. The van der Waals surface area contributed by atoms with Crippen molar-refractivity contribution in [1.29, 1.82) is 0 Å². The van der Waals surface area contributed by atoms with Gasteiger partial charge in [-0.1, -0.05) is 29.8 Å². The van der Waals surface area contributed by atoms with Crippen molar-refractivity contribution in [3.8, 4) is 0 Å². The Kier molecular flexibility index (Phi) is 3.99. The number of halogens is 2. The standard InChI is InChI=1S/C13H14ClFN2O/c1-9-11(13(14)17(2)16-9)8-18-7-10-5-3-4-6-12(10)15/h3-6H,7-8H2,1-2H3. The van der Waals surface area contributed by atoms with Gasteiger partial charge in [0.2, 0.25) is 0 Å². The summed E-state index contributed by atoms with van der Waals surface area (Å²) in [5, 5.41) is 4.74. The van der Waals surface area contributed by atoms with E-state index < -0.39 is 0 Å². The molecule has 1 aromatic carbocycles. The van der Waals surface area contributed by atoms with Crippen LogP contribution >= 0.6 is 11.6 Å². The molecule has 0 saturated heterocycles. The minimum absolute atomic E-state index is 0.220. The van der Waals surface area contributed by atoms with Crippen molar-refractivity contribution >= 4 is 11.6 Å². The maximum Gasteiger partial charge on any atom is 0.132 e. The van der Waals surface area contributed by atoms with Gasteiger partial charge >= 0.3 is 0 Å². The van der Waals surface area contributed by atoms with Gasteiger partial charge in [-0.3, -0.25) is 4.68 Å². The average molecular weight is 269 g/mol. The molecule has 0 amide bonds. The first kappa shape index (κ1) is 13.1. The first-order valence-electron chi connectivity index (χ1n) is 5.58. The van der Waals surface area contributed by atoms with E-state index in [-0.39, 0.29) is 12.4 Å². The van der Waals surface area contributed by atoms with Crippen molar-refractivity contribution in [3.05, 3.63) is 52.1 Å². The molecular weight excluding hydrogens is 255 g/mol. The van der Waals surface area contributed by atoms with E-state index in [4.69, 9.17) is 16.3 Å². The number of hydrogen-bond donors (Lipinski definition) is 0. The summed E-state index contributed by atoms with van der Waals surface area (Å²) in [5.41, 5.74) is 2.21. The van der Waals surface area contributed by atoms with Crippen LogP contribution in [0.2, 0.25) is 5.15 Å². The smallest absolute Gasteiger partial charge is 0.132 e. The molecule has 18 heavy (non-hydrogen) atoms. The molecule has 0 aliphatic carbocycles. The monoisotopic (exact) mass is 268 g/mol. The van der Waals surface area contributed by atoms with Crippen LogP contribution in [-0.4, -0.2) is 9.78 Å². The van der Waals surface area contributed by atoms with E-state index >= 15 is 0 Å². The number of ether oxygens (including phenoxy) is 1. The maximum atomic E-state index is 13.4. The fraction of sp³-hybridized carbons (Fsp3) is 0.308. The third-order valence-electron chi connectivity index (χ3n) is 2.73. The Morgan fingerprint density at radius 2 is 2.06 bits per heavy atom. The minimum atomic E-state index is -0.258. The lowest BCUT2D eigenvalue weighted by Crippen LogP contribution is -1.97. The highest BCUT2D eigenvalue weighted by Crippen LogP contribution is 2.20. The van der Waals surface area contributed by atoms with Crippen molar-refractivity contribution in [2.75, 3.05) is 0 Å². The van der Waals surface area contributed by atoms with Gasteiger partial charge in [-0.15, -0.1) is 0 Å². The molecule has 0 aliphatic heterocycles. The van der Waals surface area contributed by atoms with Crippen molar-refractivity contribution in [2.24, 2.45) is 7.05 Å². The molecule has 2 rings (SSSR count). The lowest BCUT2D eigenvalue weighted by Gasteiger charge is -2.05. The number of aryl methyl sites for hydroxylation is 2. The summed E-state index contributed by atoms with van der Waals surface area (Å²) in [4.78, 5) is 0. The molecule has 0 fully saturated rings. The van der Waals surface area contributed by atoms with E-state index in [1.165, 1.54) is 6.07 Å². The van der Waals surface area contributed by atoms with Crippen molar-refractivity contribution in [3.63, 3.8) is 0 Å². The highest BCUT2D eigenvalue weighted by atomic mass is 35.5. The summed E-state index contributed by atoms with van der Waals surface area (Å²) >= 11 is 6.07. The second kappa shape index (κ2) is 5.50. The molecule has 96 valence electrons. The Morgan fingerprint density at radius 1 is 1.33 bits per heavy atom. The molecule has 5 heteroatoms. The van der Waals surface area contributed by atoms with Crippen LogP contribution in [0.5, 0.6) is 0 Å². The van der Waals surface area contributed by atoms with Gasteiger partial charge in [-0.2, -0.15) is 5.10 Å². The van der Waals surface area contributed by atoms with Gasteiger partial charge in [0.15, 0.2) is 0 Å². The quantitative estimate of drug-likeness (QED) is 0.851. The van der Waals surface area contributed by atoms with Crippen molar-refractivity contribution in [1.82, 2.24) is 9.78 Å². The van der Waals surface area contributed by atoms with Gasteiger partial charge in [0.1, 0.15) is 11.0 Å². The van der Waals surface area contributed by atoms with Crippen LogP contribution in [0.15, 0.2) is 24.3 Å². The van der Waals surface area contributed by atoms with E-state index in [1.54, 1.807) is 29.9 Å². The molecule has 0 spiro atoms. The van der Waals surface area contributed by atoms with Crippen LogP contribution < -0.4 is 0 Å². The highest BCUT2D eigenvalue weighted by molar-refractivity contribution is 6.30. The van der Waals surface area contributed by atoms with Crippen LogP contribution in [0, 0.1) is 12.7 Å². The van der Waals surface area contributed by atoms with Gasteiger partial charge < -0.3 is 4.74 Å². The third kappa shape index (κ3) is 2.71. The SMILES string of the molecule is Cc1nn(C)c(Cl)c1COCc1ccccc1F. The molecule has 2 aromatic rings. The zero-order valence-electron chi connectivity index (χ0n) is 10.3. The van der Waals surface area contributed by atoms with Gasteiger partial charge in [-0.25, -0.2) is 4.39 Å². The Hall–Kier alpha value is -1.39.